The predicted molar refractivity (Wildman–Crippen MR) is 189 cm³/mol. The number of rotatable bonds is 25. The van der Waals surface area contributed by atoms with Gasteiger partial charge in [-0.15, -0.1) is 0 Å². The van der Waals surface area contributed by atoms with Gasteiger partial charge < -0.3 is 24.8 Å². The molecule has 274 valence electrons. The average Bonchev–Trinajstić information content (AvgIpc) is 2.97. The standard InChI is InChI=1S/C39H64O9/c1-26(2)14-9-15-27(3)16-10-17-28(4)18-13-24-39(8,46)25-23-32-31(7)37(47-35(44)21-11-19-33(40)41)29(5)30(6)38(32)48-36(45)22-12-20-34(42)43/h26-28,46H,9-25H2,1-8H3,(H,40,41)(H,42,43). The average molecular weight is 677 g/mol. The Kier molecular flexibility index (Phi) is 19.7. The highest BCUT2D eigenvalue weighted by atomic mass is 16.5. The smallest absolute Gasteiger partial charge is 0.311 e. The van der Waals surface area contributed by atoms with Crippen LogP contribution in [-0.2, 0) is 25.6 Å². The molecule has 9 heteroatoms. The van der Waals surface area contributed by atoms with Crippen LogP contribution in [0.3, 0.4) is 0 Å². The van der Waals surface area contributed by atoms with Crippen LogP contribution < -0.4 is 9.47 Å². The summed E-state index contributed by atoms with van der Waals surface area (Å²) in [6.45, 7) is 16.4. The van der Waals surface area contributed by atoms with Crippen LogP contribution in [0.15, 0.2) is 0 Å². The largest absolute Gasteiger partial charge is 0.481 e. The summed E-state index contributed by atoms with van der Waals surface area (Å²) in [5.74, 6) is -0.259. The van der Waals surface area contributed by atoms with E-state index in [0.717, 1.165) is 24.7 Å². The van der Waals surface area contributed by atoms with Crippen molar-refractivity contribution in [3.63, 3.8) is 0 Å². The maximum Gasteiger partial charge on any atom is 0.311 e. The van der Waals surface area contributed by atoms with Gasteiger partial charge in [0.2, 0.25) is 0 Å². The van der Waals surface area contributed by atoms with Crippen molar-refractivity contribution >= 4 is 23.9 Å². The molecule has 0 saturated heterocycles. The highest BCUT2D eigenvalue weighted by Gasteiger charge is 2.27. The molecule has 0 bridgehead atoms. The predicted octanol–water partition coefficient (Wildman–Crippen LogP) is 9.06. The number of esters is 2. The molecule has 0 aliphatic rings. The van der Waals surface area contributed by atoms with E-state index in [2.05, 4.69) is 27.7 Å². The van der Waals surface area contributed by atoms with E-state index in [1.165, 1.54) is 38.5 Å². The van der Waals surface area contributed by atoms with Gasteiger partial charge >= 0.3 is 23.9 Å². The van der Waals surface area contributed by atoms with Gasteiger partial charge in [0, 0.05) is 31.2 Å². The zero-order valence-electron chi connectivity index (χ0n) is 31.0. The fourth-order valence-electron chi connectivity index (χ4n) is 6.17. The van der Waals surface area contributed by atoms with Crippen LogP contribution >= 0.6 is 0 Å². The van der Waals surface area contributed by atoms with Gasteiger partial charge in [0.15, 0.2) is 0 Å². The van der Waals surface area contributed by atoms with Crippen molar-refractivity contribution in [2.45, 2.75) is 170 Å². The number of carboxylic acid groups (broad SMARTS) is 2. The van der Waals surface area contributed by atoms with Crippen molar-refractivity contribution in [2.75, 3.05) is 0 Å². The number of carbonyl (C=O) groups is 4. The Morgan fingerprint density at radius 3 is 1.52 bits per heavy atom. The lowest BCUT2D eigenvalue weighted by molar-refractivity contribution is -0.139. The fraction of sp³-hybridized carbons (Fsp3) is 0.744. The van der Waals surface area contributed by atoms with Crippen LogP contribution in [0.5, 0.6) is 11.5 Å². The molecule has 0 fully saturated rings. The lowest BCUT2D eigenvalue weighted by Crippen LogP contribution is -2.25. The Morgan fingerprint density at radius 2 is 1.04 bits per heavy atom. The van der Waals surface area contributed by atoms with E-state index in [1.807, 2.05) is 6.92 Å². The number of carbonyl (C=O) groups excluding carboxylic acids is 2. The van der Waals surface area contributed by atoms with E-state index in [-0.39, 0.29) is 38.5 Å². The molecule has 0 radical (unpaired) electrons. The zero-order chi connectivity index (χ0) is 36.4. The van der Waals surface area contributed by atoms with Crippen molar-refractivity contribution in [3.05, 3.63) is 22.3 Å². The Bertz CT molecular complexity index is 1180. The molecule has 0 aromatic heterocycles. The first kappa shape index (κ1) is 43.1. The molecule has 1 rings (SSSR count). The Labute approximate surface area is 289 Å². The van der Waals surface area contributed by atoms with Gasteiger partial charge in [-0.2, -0.15) is 0 Å². The minimum absolute atomic E-state index is 0.0513. The first-order valence-electron chi connectivity index (χ1n) is 18.1. The molecular weight excluding hydrogens is 612 g/mol. The molecule has 0 spiro atoms. The molecule has 0 heterocycles. The van der Waals surface area contributed by atoms with Crippen molar-refractivity contribution in [3.8, 4) is 11.5 Å². The second-order valence-corrected chi connectivity index (χ2v) is 14.8. The third-order valence-corrected chi connectivity index (χ3v) is 9.48. The van der Waals surface area contributed by atoms with Crippen molar-refractivity contribution in [1.29, 1.82) is 0 Å². The van der Waals surface area contributed by atoms with Crippen LogP contribution in [0.4, 0.5) is 0 Å². The lowest BCUT2D eigenvalue weighted by Gasteiger charge is -2.26. The van der Waals surface area contributed by atoms with Crippen LogP contribution in [-0.4, -0.2) is 44.8 Å². The highest BCUT2D eigenvalue weighted by Crippen LogP contribution is 2.40. The molecular formula is C39H64O9. The second-order valence-electron chi connectivity index (χ2n) is 14.8. The molecule has 1 aromatic rings. The van der Waals surface area contributed by atoms with E-state index >= 15 is 0 Å². The third-order valence-electron chi connectivity index (χ3n) is 9.48. The molecule has 3 N–H and O–H groups in total. The number of ether oxygens (including phenoxy) is 2. The molecule has 3 atom stereocenters. The highest BCUT2D eigenvalue weighted by molar-refractivity contribution is 5.77. The molecule has 3 unspecified atom stereocenters. The number of carboxylic acids is 2. The van der Waals surface area contributed by atoms with E-state index < -0.39 is 29.5 Å². The first-order valence-corrected chi connectivity index (χ1v) is 18.1. The number of hydrogen-bond acceptors (Lipinski definition) is 7. The summed E-state index contributed by atoms with van der Waals surface area (Å²) in [5.41, 5.74) is 1.52. The van der Waals surface area contributed by atoms with Gasteiger partial charge in [-0.25, -0.2) is 0 Å². The summed E-state index contributed by atoms with van der Waals surface area (Å²) in [6, 6.07) is 0. The van der Waals surface area contributed by atoms with Crippen molar-refractivity contribution in [2.24, 2.45) is 17.8 Å². The molecule has 0 saturated carbocycles. The van der Waals surface area contributed by atoms with Gasteiger partial charge in [-0.05, 0) is 94.2 Å². The summed E-state index contributed by atoms with van der Waals surface area (Å²) in [5, 5.41) is 29.2. The van der Waals surface area contributed by atoms with Crippen LogP contribution in [0, 0.1) is 38.5 Å². The Morgan fingerprint density at radius 1 is 0.604 bits per heavy atom. The minimum Gasteiger partial charge on any atom is -0.481 e. The number of hydrogen-bond donors (Lipinski definition) is 3. The molecule has 9 nitrogen and oxygen atoms in total. The quantitative estimate of drug-likeness (QED) is 0.0681. The molecule has 48 heavy (non-hydrogen) atoms. The van der Waals surface area contributed by atoms with Gasteiger partial charge in [0.05, 0.1) is 5.60 Å². The van der Waals surface area contributed by atoms with Crippen molar-refractivity contribution in [1.82, 2.24) is 0 Å². The third kappa shape index (κ3) is 17.5. The van der Waals surface area contributed by atoms with Crippen LogP contribution in [0.25, 0.3) is 0 Å². The first-order chi connectivity index (χ1) is 22.4. The topological polar surface area (TPSA) is 147 Å². The Hall–Kier alpha value is -2.94. The maximum absolute atomic E-state index is 12.7. The molecule has 0 aliphatic heterocycles. The second kappa shape index (κ2) is 21.9. The molecule has 0 amide bonds. The SMILES string of the molecule is Cc1c(C)c(OC(=O)CCCC(=O)O)c(CCC(C)(O)CCCC(C)CCCC(C)CCCC(C)C)c(C)c1OC(=O)CCCC(=O)O. The monoisotopic (exact) mass is 676 g/mol. The Balaban J connectivity index is 2.95. The normalized spacial score (nSPS) is 14.0. The van der Waals surface area contributed by atoms with Gasteiger partial charge in [0.1, 0.15) is 11.5 Å². The molecule has 1 aromatic carbocycles. The number of benzene rings is 1. The van der Waals surface area contributed by atoms with E-state index in [0.29, 0.717) is 58.9 Å². The molecule has 0 aliphatic carbocycles. The van der Waals surface area contributed by atoms with E-state index in [9.17, 15) is 24.3 Å². The lowest BCUT2D eigenvalue weighted by atomic mass is 9.86. The fourth-order valence-corrected chi connectivity index (χ4v) is 6.17. The van der Waals surface area contributed by atoms with E-state index in [1.54, 1.807) is 20.8 Å². The van der Waals surface area contributed by atoms with E-state index in [4.69, 9.17) is 19.7 Å². The van der Waals surface area contributed by atoms with Crippen molar-refractivity contribution < 1.29 is 44.0 Å². The summed E-state index contributed by atoms with van der Waals surface area (Å²) in [7, 11) is 0. The zero-order valence-corrected chi connectivity index (χ0v) is 31.0. The summed E-state index contributed by atoms with van der Waals surface area (Å²) in [6.07, 6.45) is 10.8. The summed E-state index contributed by atoms with van der Waals surface area (Å²) >= 11 is 0. The van der Waals surface area contributed by atoms with Gasteiger partial charge in [0.25, 0.3) is 0 Å². The maximum atomic E-state index is 12.7. The van der Waals surface area contributed by atoms with Gasteiger partial charge in [-0.3, -0.25) is 19.2 Å². The summed E-state index contributed by atoms with van der Waals surface area (Å²) in [4.78, 5) is 47.2. The van der Waals surface area contributed by atoms with Crippen LogP contribution in [0.2, 0.25) is 0 Å². The summed E-state index contributed by atoms with van der Waals surface area (Å²) < 4.78 is 11.5. The van der Waals surface area contributed by atoms with Gasteiger partial charge in [-0.1, -0.05) is 79.1 Å². The minimum atomic E-state index is -0.986. The number of aliphatic carboxylic acids is 2. The van der Waals surface area contributed by atoms with Crippen LogP contribution in [0.1, 0.15) is 160 Å². The number of aliphatic hydroxyl groups is 1.